The summed E-state index contributed by atoms with van der Waals surface area (Å²) in [5.74, 6) is -1.09. The molecule has 0 unspecified atom stereocenters. The average Bonchev–Trinajstić information content (AvgIpc) is 2.70. The number of carbonyl (C=O) groups is 2. The minimum atomic E-state index is -0.954. The van der Waals surface area contributed by atoms with Gasteiger partial charge in [0.1, 0.15) is 0 Å². The lowest BCUT2D eigenvalue weighted by Crippen LogP contribution is -2.41. The van der Waals surface area contributed by atoms with Crippen molar-refractivity contribution in [3.8, 4) is 0 Å². The van der Waals surface area contributed by atoms with Gasteiger partial charge >= 0.3 is 5.97 Å². The fourth-order valence-electron chi connectivity index (χ4n) is 2.01. The number of nitrogens with zero attached hydrogens (tertiary/aromatic N) is 1. The number of hydrogen-bond donors (Lipinski definition) is 2. The molecular weight excluding hydrogens is 220 g/mol. The summed E-state index contributed by atoms with van der Waals surface area (Å²) in [5.41, 5.74) is 7.48. The number of anilines is 1. The Morgan fingerprint density at radius 2 is 2.18 bits per heavy atom. The van der Waals surface area contributed by atoms with Gasteiger partial charge in [-0.1, -0.05) is 0 Å². The number of benzene rings is 1. The quantitative estimate of drug-likeness (QED) is 0.785. The van der Waals surface area contributed by atoms with Crippen LogP contribution >= 0.6 is 0 Å². The van der Waals surface area contributed by atoms with Crippen LogP contribution in [0, 0.1) is 0 Å². The van der Waals surface area contributed by atoms with Crippen LogP contribution < -0.4 is 10.6 Å². The second-order valence-electron chi connectivity index (χ2n) is 4.18. The molecule has 1 atom stereocenters. The summed E-state index contributed by atoms with van der Waals surface area (Å²) in [5, 5.41) is 8.88. The number of carboxylic acid groups (broad SMARTS) is 1. The second-order valence-corrected chi connectivity index (χ2v) is 4.18. The lowest BCUT2D eigenvalue weighted by atomic mass is 10.1. The van der Waals surface area contributed by atoms with E-state index in [4.69, 9.17) is 10.8 Å². The molecule has 0 aliphatic carbocycles. The van der Waals surface area contributed by atoms with E-state index in [0.717, 1.165) is 11.3 Å². The number of hydrogen-bond acceptors (Lipinski definition) is 3. The summed E-state index contributed by atoms with van der Waals surface area (Å²) in [4.78, 5) is 24.3. The summed E-state index contributed by atoms with van der Waals surface area (Å²) < 4.78 is 0. The molecule has 1 aromatic rings. The van der Waals surface area contributed by atoms with Crippen molar-refractivity contribution in [2.75, 3.05) is 11.4 Å². The molecule has 0 fully saturated rings. The Hall–Kier alpha value is -1.88. The van der Waals surface area contributed by atoms with Crippen LogP contribution in [0.15, 0.2) is 18.2 Å². The molecule has 0 aromatic heterocycles. The fraction of sp³-hybridized carbons (Fsp3) is 0.333. The SMILES string of the molecule is C[C@H](N)C(=O)N1CCc2cc(C(=O)O)ccc21. The molecule has 0 radical (unpaired) electrons. The number of fused-ring (bicyclic) bond motifs is 1. The predicted octanol–water partition coefficient (Wildman–Crippen LogP) is 0.621. The van der Waals surface area contributed by atoms with Gasteiger partial charge in [0.15, 0.2) is 0 Å². The van der Waals surface area contributed by atoms with E-state index in [0.29, 0.717) is 13.0 Å². The summed E-state index contributed by atoms with van der Waals surface area (Å²) in [6, 6.07) is 4.26. The predicted molar refractivity (Wildman–Crippen MR) is 63.1 cm³/mol. The first-order valence-electron chi connectivity index (χ1n) is 5.44. The Morgan fingerprint density at radius 1 is 1.47 bits per heavy atom. The number of nitrogens with two attached hydrogens (primary N) is 1. The van der Waals surface area contributed by atoms with Crippen LogP contribution in [-0.2, 0) is 11.2 Å². The fourth-order valence-corrected chi connectivity index (χ4v) is 2.01. The smallest absolute Gasteiger partial charge is 0.335 e. The molecule has 5 nitrogen and oxygen atoms in total. The van der Waals surface area contributed by atoms with E-state index >= 15 is 0 Å². The van der Waals surface area contributed by atoms with Gasteiger partial charge in [-0.05, 0) is 37.1 Å². The Labute approximate surface area is 98.8 Å². The van der Waals surface area contributed by atoms with Crippen LogP contribution in [0.1, 0.15) is 22.8 Å². The van der Waals surface area contributed by atoms with E-state index in [1.165, 1.54) is 6.07 Å². The Kier molecular flexibility index (Phi) is 2.85. The van der Waals surface area contributed by atoms with Crippen molar-refractivity contribution in [1.82, 2.24) is 0 Å². The van der Waals surface area contributed by atoms with Crippen molar-refractivity contribution in [2.24, 2.45) is 5.73 Å². The third-order valence-electron chi connectivity index (χ3n) is 2.88. The molecule has 1 heterocycles. The van der Waals surface area contributed by atoms with Crippen LogP contribution in [0.5, 0.6) is 0 Å². The van der Waals surface area contributed by atoms with E-state index in [1.54, 1.807) is 24.0 Å². The second kappa shape index (κ2) is 4.18. The van der Waals surface area contributed by atoms with Gasteiger partial charge in [0.25, 0.3) is 0 Å². The molecule has 1 aliphatic heterocycles. The normalized spacial score (nSPS) is 15.5. The molecule has 0 spiro atoms. The summed E-state index contributed by atoms with van der Waals surface area (Å²) in [6.45, 7) is 2.21. The zero-order chi connectivity index (χ0) is 12.6. The van der Waals surface area contributed by atoms with Gasteiger partial charge in [0.05, 0.1) is 11.6 Å². The van der Waals surface area contributed by atoms with Crippen molar-refractivity contribution in [3.05, 3.63) is 29.3 Å². The molecule has 0 saturated carbocycles. The Balaban J connectivity index is 2.34. The first kappa shape index (κ1) is 11.6. The van der Waals surface area contributed by atoms with E-state index in [-0.39, 0.29) is 11.5 Å². The molecule has 0 saturated heterocycles. The molecule has 17 heavy (non-hydrogen) atoms. The highest BCUT2D eigenvalue weighted by atomic mass is 16.4. The summed E-state index contributed by atoms with van der Waals surface area (Å²) >= 11 is 0. The minimum Gasteiger partial charge on any atom is -0.478 e. The van der Waals surface area contributed by atoms with Crippen molar-refractivity contribution >= 4 is 17.6 Å². The minimum absolute atomic E-state index is 0.133. The number of aromatic carboxylic acids is 1. The van der Waals surface area contributed by atoms with Gasteiger partial charge in [-0.25, -0.2) is 4.79 Å². The first-order chi connectivity index (χ1) is 8.00. The Bertz CT molecular complexity index is 483. The van der Waals surface area contributed by atoms with E-state index in [2.05, 4.69) is 0 Å². The average molecular weight is 234 g/mol. The third kappa shape index (κ3) is 2.01. The maximum atomic E-state index is 11.8. The highest BCUT2D eigenvalue weighted by Gasteiger charge is 2.26. The molecule has 2 rings (SSSR count). The van der Waals surface area contributed by atoms with Gasteiger partial charge in [-0.3, -0.25) is 4.79 Å². The molecule has 1 aliphatic rings. The molecule has 0 bridgehead atoms. The maximum absolute atomic E-state index is 11.8. The molecule has 1 aromatic carbocycles. The van der Waals surface area contributed by atoms with Gasteiger partial charge in [-0.2, -0.15) is 0 Å². The van der Waals surface area contributed by atoms with Gasteiger partial charge in [-0.15, -0.1) is 0 Å². The van der Waals surface area contributed by atoms with Crippen LogP contribution in [0.4, 0.5) is 5.69 Å². The molecule has 5 heteroatoms. The van der Waals surface area contributed by atoms with Crippen molar-refractivity contribution in [1.29, 1.82) is 0 Å². The van der Waals surface area contributed by atoms with Crippen LogP contribution in [0.25, 0.3) is 0 Å². The van der Waals surface area contributed by atoms with E-state index in [1.807, 2.05) is 0 Å². The van der Waals surface area contributed by atoms with Crippen molar-refractivity contribution < 1.29 is 14.7 Å². The number of carbonyl (C=O) groups excluding carboxylic acids is 1. The lowest BCUT2D eigenvalue weighted by molar-refractivity contribution is -0.119. The molecule has 3 N–H and O–H groups in total. The van der Waals surface area contributed by atoms with E-state index in [9.17, 15) is 9.59 Å². The monoisotopic (exact) mass is 234 g/mol. The highest BCUT2D eigenvalue weighted by Crippen LogP contribution is 2.29. The largest absolute Gasteiger partial charge is 0.478 e. The number of carboxylic acids is 1. The third-order valence-corrected chi connectivity index (χ3v) is 2.88. The number of rotatable bonds is 2. The maximum Gasteiger partial charge on any atom is 0.335 e. The van der Waals surface area contributed by atoms with Crippen LogP contribution in [-0.4, -0.2) is 29.6 Å². The van der Waals surface area contributed by atoms with Gasteiger partial charge in [0, 0.05) is 12.2 Å². The standard InChI is InChI=1S/C12H14N2O3/c1-7(13)11(15)14-5-4-8-6-9(12(16)17)2-3-10(8)14/h2-3,6-7H,4-5,13H2,1H3,(H,16,17)/t7-/m0/s1. The van der Waals surface area contributed by atoms with Crippen LogP contribution in [0.3, 0.4) is 0 Å². The van der Waals surface area contributed by atoms with E-state index < -0.39 is 12.0 Å². The van der Waals surface area contributed by atoms with Crippen LogP contribution in [0.2, 0.25) is 0 Å². The zero-order valence-corrected chi connectivity index (χ0v) is 9.51. The highest BCUT2D eigenvalue weighted by molar-refractivity contribution is 5.99. The molecular formula is C12H14N2O3. The topological polar surface area (TPSA) is 83.6 Å². The summed E-state index contributed by atoms with van der Waals surface area (Å²) in [7, 11) is 0. The Morgan fingerprint density at radius 3 is 2.76 bits per heavy atom. The van der Waals surface area contributed by atoms with Crippen molar-refractivity contribution in [2.45, 2.75) is 19.4 Å². The lowest BCUT2D eigenvalue weighted by Gasteiger charge is -2.19. The van der Waals surface area contributed by atoms with Gasteiger partial charge in [0.2, 0.25) is 5.91 Å². The molecule has 1 amide bonds. The first-order valence-corrected chi connectivity index (χ1v) is 5.44. The van der Waals surface area contributed by atoms with Crippen molar-refractivity contribution in [3.63, 3.8) is 0 Å². The zero-order valence-electron chi connectivity index (χ0n) is 9.51. The summed E-state index contributed by atoms with van der Waals surface area (Å²) in [6.07, 6.45) is 0.676. The number of amides is 1. The molecule has 90 valence electrons. The van der Waals surface area contributed by atoms with Gasteiger partial charge < -0.3 is 15.7 Å².